The van der Waals surface area contributed by atoms with Gasteiger partial charge in [-0.05, 0) is 12.1 Å². The Labute approximate surface area is 96.2 Å². The lowest BCUT2D eigenvalue weighted by Crippen LogP contribution is -2.25. The summed E-state index contributed by atoms with van der Waals surface area (Å²) in [4.78, 5) is 0. The van der Waals surface area contributed by atoms with Crippen molar-refractivity contribution >= 4 is 5.69 Å². The molecule has 0 spiro atoms. The molecule has 1 aromatic carbocycles. The minimum atomic E-state index is 0.680. The van der Waals surface area contributed by atoms with Crippen LogP contribution in [0.3, 0.4) is 0 Å². The van der Waals surface area contributed by atoms with Gasteiger partial charge in [-0.3, -0.25) is 0 Å². The molecule has 4 heteroatoms. The van der Waals surface area contributed by atoms with Gasteiger partial charge in [0.25, 0.3) is 0 Å². The van der Waals surface area contributed by atoms with E-state index in [2.05, 4.69) is 16.7 Å². The van der Waals surface area contributed by atoms with E-state index in [0.29, 0.717) is 5.56 Å². The molecule has 0 fully saturated rings. The van der Waals surface area contributed by atoms with Crippen LogP contribution >= 0.6 is 0 Å². The van der Waals surface area contributed by atoms with E-state index in [0.717, 1.165) is 31.9 Å². The average Bonchev–Trinajstić information content (AvgIpc) is 2.34. The van der Waals surface area contributed by atoms with Crippen molar-refractivity contribution in [2.45, 2.75) is 0 Å². The van der Waals surface area contributed by atoms with E-state index in [1.807, 2.05) is 18.2 Å². The second kappa shape index (κ2) is 7.69. The third-order valence-corrected chi connectivity index (χ3v) is 2.15. The number of rotatable bonds is 7. The first kappa shape index (κ1) is 12.5. The Morgan fingerprint density at radius 3 is 2.81 bits per heavy atom. The largest absolute Gasteiger partial charge is 0.383 e. The Morgan fingerprint density at radius 2 is 2.06 bits per heavy atom. The Morgan fingerprint density at radius 1 is 1.25 bits per heavy atom. The second-order valence-corrected chi connectivity index (χ2v) is 3.33. The number of hydrogen-bond donors (Lipinski definition) is 2. The lowest BCUT2D eigenvalue weighted by atomic mass is 10.2. The molecule has 0 amide bonds. The van der Waals surface area contributed by atoms with Gasteiger partial charge in [0.05, 0.1) is 17.9 Å². The van der Waals surface area contributed by atoms with Crippen LogP contribution in [0.5, 0.6) is 0 Å². The van der Waals surface area contributed by atoms with Crippen LogP contribution in [0.4, 0.5) is 5.69 Å². The highest BCUT2D eigenvalue weighted by molar-refractivity contribution is 5.57. The quantitative estimate of drug-likeness (QED) is 0.677. The number of nitrogens with one attached hydrogen (secondary N) is 2. The van der Waals surface area contributed by atoms with Crippen LogP contribution in [0.25, 0.3) is 0 Å². The van der Waals surface area contributed by atoms with Crippen LogP contribution in [-0.4, -0.2) is 33.4 Å². The van der Waals surface area contributed by atoms with Gasteiger partial charge >= 0.3 is 0 Å². The summed E-state index contributed by atoms with van der Waals surface area (Å²) in [6.45, 7) is 3.21. The Balaban J connectivity index is 2.24. The minimum Gasteiger partial charge on any atom is -0.383 e. The molecule has 0 saturated heterocycles. The summed E-state index contributed by atoms with van der Waals surface area (Å²) in [6, 6.07) is 9.65. The van der Waals surface area contributed by atoms with Crippen molar-refractivity contribution in [3.8, 4) is 6.07 Å². The van der Waals surface area contributed by atoms with Crippen LogP contribution in [0.15, 0.2) is 24.3 Å². The molecule has 0 unspecified atom stereocenters. The molecule has 2 N–H and O–H groups in total. The summed E-state index contributed by atoms with van der Waals surface area (Å²) in [6.07, 6.45) is 0. The molecular weight excluding hydrogens is 202 g/mol. The first-order chi connectivity index (χ1) is 7.88. The van der Waals surface area contributed by atoms with Gasteiger partial charge in [0.15, 0.2) is 0 Å². The van der Waals surface area contributed by atoms with Gasteiger partial charge in [0.1, 0.15) is 6.07 Å². The summed E-state index contributed by atoms with van der Waals surface area (Å²) in [7, 11) is 1.68. The van der Waals surface area contributed by atoms with E-state index in [9.17, 15) is 0 Å². The maximum atomic E-state index is 8.87. The number of ether oxygens (including phenoxy) is 1. The Hall–Kier alpha value is -1.57. The summed E-state index contributed by atoms with van der Waals surface area (Å²) in [5.74, 6) is 0. The number of benzene rings is 1. The van der Waals surface area contributed by atoms with Crippen LogP contribution in [-0.2, 0) is 4.74 Å². The first-order valence-corrected chi connectivity index (χ1v) is 5.31. The molecule has 0 radical (unpaired) electrons. The molecule has 0 aliphatic carbocycles. The molecule has 0 aliphatic rings. The second-order valence-electron chi connectivity index (χ2n) is 3.33. The molecule has 86 valence electrons. The highest BCUT2D eigenvalue weighted by Crippen LogP contribution is 2.12. The molecule has 0 saturated carbocycles. The molecule has 4 nitrogen and oxygen atoms in total. The molecule has 0 aliphatic heterocycles. The minimum absolute atomic E-state index is 0.680. The standard InChI is InChI=1S/C12H17N3O/c1-16-9-8-14-6-7-15-12-5-3-2-4-11(12)10-13/h2-5,14-15H,6-9H2,1H3. The molecule has 0 bridgehead atoms. The molecule has 1 aromatic rings. The molecule has 0 aromatic heterocycles. The fourth-order valence-electron chi connectivity index (χ4n) is 1.32. The number of nitrogens with zero attached hydrogens (tertiary/aromatic N) is 1. The van der Waals surface area contributed by atoms with E-state index >= 15 is 0 Å². The van der Waals surface area contributed by atoms with E-state index in [1.54, 1.807) is 13.2 Å². The fraction of sp³-hybridized carbons (Fsp3) is 0.417. The molecule has 16 heavy (non-hydrogen) atoms. The SMILES string of the molecule is COCCNCCNc1ccccc1C#N. The number of anilines is 1. The monoisotopic (exact) mass is 219 g/mol. The number of methoxy groups -OCH3 is 1. The highest BCUT2D eigenvalue weighted by atomic mass is 16.5. The smallest absolute Gasteiger partial charge is 0.101 e. The van der Waals surface area contributed by atoms with Crippen molar-refractivity contribution < 1.29 is 4.74 Å². The van der Waals surface area contributed by atoms with Crippen molar-refractivity contribution in [3.63, 3.8) is 0 Å². The van der Waals surface area contributed by atoms with Gasteiger partial charge in [0.2, 0.25) is 0 Å². The van der Waals surface area contributed by atoms with Crippen molar-refractivity contribution in [2.75, 3.05) is 38.7 Å². The summed E-state index contributed by atoms with van der Waals surface area (Å²) < 4.78 is 4.92. The van der Waals surface area contributed by atoms with Crippen LogP contribution in [0.2, 0.25) is 0 Å². The highest BCUT2D eigenvalue weighted by Gasteiger charge is 1.98. The van der Waals surface area contributed by atoms with Gasteiger partial charge in [-0.15, -0.1) is 0 Å². The van der Waals surface area contributed by atoms with Crippen molar-refractivity contribution in [1.29, 1.82) is 5.26 Å². The zero-order chi connectivity index (χ0) is 11.6. The van der Waals surface area contributed by atoms with Crippen molar-refractivity contribution in [3.05, 3.63) is 29.8 Å². The van der Waals surface area contributed by atoms with E-state index in [-0.39, 0.29) is 0 Å². The normalized spacial score (nSPS) is 9.75. The van der Waals surface area contributed by atoms with Gasteiger partial charge in [-0.25, -0.2) is 0 Å². The van der Waals surface area contributed by atoms with Gasteiger partial charge < -0.3 is 15.4 Å². The lowest BCUT2D eigenvalue weighted by molar-refractivity contribution is 0.200. The Kier molecular flexibility index (Phi) is 6.00. The summed E-state index contributed by atoms with van der Waals surface area (Å²) in [5.41, 5.74) is 1.57. The zero-order valence-electron chi connectivity index (χ0n) is 9.49. The zero-order valence-corrected chi connectivity index (χ0v) is 9.49. The van der Waals surface area contributed by atoms with E-state index in [4.69, 9.17) is 10.00 Å². The first-order valence-electron chi connectivity index (χ1n) is 5.31. The van der Waals surface area contributed by atoms with Crippen LogP contribution in [0, 0.1) is 11.3 Å². The number of nitriles is 1. The predicted molar refractivity (Wildman–Crippen MR) is 64.4 cm³/mol. The van der Waals surface area contributed by atoms with Gasteiger partial charge in [-0.1, -0.05) is 12.1 Å². The van der Waals surface area contributed by atoms with E-state index in [1.165, 1.54) is 0 Å². The van der Waals surface area contributed by atoms with Gasteiger partial charge in [0, 0.05) is 26.7 Å². The number of hydrogen-bond acceptors (Lipinski definition) is 4. The maximum Gasteiger partial charge on any atom is 0.101 e. The predicted octanol–water partition coefficient (Wildman–Crippen LogP) is 1.21. The summed E-state index contributed by atoms with van der Waals surface area (Å²) in [5, 5.41) is 15.3. The maximum absolute atomic E-state index is 8.87. The van der Waals surface area contributed by atoms with Crippen LogP contribution in [0.1, 0.15) is 5.56 Å². The van der Waals surface area contributed by atoms with Gasteiger partial charge in [-0.2, -0.15) is 5.26 Å². The third-order valence-electron chi connectivity index (χ3n) is 2.15. The lowest BCUT2D eigenvalue weighted by Gasteiger charge is -2.08. The van der Waals surface area contributed by atoms with Crippen LogP contribution < -0.4 is 10.6 Å². The van der Waals surface area contributed by atoms with E-state index < -0.39 is 0 Å². The average molecular weight is 219 g/mol. The molecule has 0 atom stereocenters. The number of para-hydroxylation sites is 1. The Bertz CT molecular complexity index is 346. The molecular formula is C12H17N3O. The molecule has 0 heterocycles. The van der Waals surface area contributed by atoms with Crippen molar-refractivity contribution in [1.82, 2.24) is 5.32 Å². The summed E-state index contributed by atoms with van der Waals surface area (Å²) >= 11 is 0. The topological polar surface area (TPSA) is 57.1 Å². The molecule has 1 rings (SSSR count). The van der Waals surface area contributed by atoms with Crippen molar-refractivity contribution in [2.24, 2.45) is 0 Å². The third kappa shape index (κ3) is 4.30. The fourth-order valence-corrected chi connectivity index (χ4v) is 1.32.